The van der Waals surface area contributed by atoms with Gasteiger partial charge in [0.15, 0.2) is 0 Å². The van der Waals surface area contributed by atoms with Crippen LogP contribution in [0.4, 0.5) is 0 Å². The minimum Gasteiger partial charge on any atom is -0.353 e. The van der Waals surface area contributed by atoms with Gasteiger partial charge in [-0.3, -0.25) is 4.79 Å². The molecule has 2 heterocycles. The quantitative estimate of drug-likeness (QED) is 0.780. The van der Waals surface area contributed by atoms with Gasteiger partial charge in [-0.25, -0.2) is 0 Å². The van der Waals surface area contributed by atoms with Crippen LogP contribution in [0.3, 0.4) is 0 Å². The van der Waals surface area contributed by atoms with E-state index in [9.17, 15) is 4.79 Å². The fourth-order valence-corrected chi connectivity index (χ4v) is 4.39. The van der Waals surface area contributed by atoms with Crippen LogP contribution in [0.1, 0.15) is 30.4 Å². The normalized spacial score (nSPS) is 24.2. The first-order chi connectivity index (χ1) is 13.6. The number of carbonyl (C=O) groups is 1. The summed E-state index contributed by atoms with van der Waals surface area (Å²) in [7, 11) is 0. The maximum atomic E-state index is 12.8. The van der Waals surface area contributed by atoms with Crippen LogP contribution >= 0.6 is 23.2 Å². The van der Waals surface area contributed by atoms with Crippen molar-refractivity contribution in [3.05, 3.63) is 69.7 Å². The number of likely N-dealkylation sites (tertiary alicyclic amines) is 1. The van der Waals surface area contributed by atoms with Gasteiger partial charge in [0.25, 0.3) is 0 Å². The molecule has 3 atom stereocenters. The molecule has 4 nitrogen and oxygen atoms in total. The minimum atomic E-state index is -0.121. The number of fused-ring (bicyclic) bond motifs is 2. The van der Waals surface area contributed by atoms with Crippen LogP contribution in [0, 0.1) is 0 Å². The maximum Gasteiger partial charge on any atom is 0.229 e. The van der Waals surface area contributed by atoms with Gasteiger partial charge >= 0.3 is 0 Å². The zero-order chi connectivity index (χ0) is 19.5. The molecule has 6 heteroatoms. The Kier molecular flexibility index (Phi) is 6.22. The van der Waals surface area contributed by atoms with Gasteiger partial charge in [0.1, 0.15) is 6.23 Å². The standard InChI is InChI=1S/C22H24Cl2N2O2/c23-17-7-6-16(12-18(17)24)13-21(27)26-11-10-20-19(8-9-22(26)28-20)25-14-15-4-2-1-3-5-15/h1-7,12,19-20,22,25H,8-11,13-14H2/t19-,20-,22-/m1/s1. The lowest BCUT2D eigenvalue weighted by Gasteiger charge is -2.46. The average Bonchev–Trinajstić information content (AvgIpc) is 2.71. The molecule has 148 valence electrons. The van der Waals surface area contributed by atoms with Gasteiger partial charge in [-0.1, -0.05) is 59.6 Å². The van der Waals surface area contributed by atoms with E-state index in [-0.39, 0.29) is 18.2 Å². The molecule has 0 unspecified atom stereocenters. The molecule has 2 aromatic carbocycles. The van der Waals surface area contributed by atoms with Gasteiger partial charge in [0, 0.05) is 19.1 Å². The molecule has 0 radical (unpaired) electrons. The smallest absolute Gasteiger partial charge is 0.229 e. The van der Waals surface area contributed by atoms with Crippen molar-refractivity contribution in [3.8, 4) is 0 Å². The van der Waals surface area contributed by atoms with E-state index in [0.29, 0.717) is 22.5 Å². The van der Waals surface area contributed by atoms with Crippen LogP contribution in [-0.4, -0.2) is 35.7 Å². The molecule has 2 aliphatic rings. The molecule has 2 saturated heterocycles. The Bertz CT molecular complexity index is 831. The fourth-order valence-electron chi connectivity index (χ4n) is 4.07. The topological polar surface area (TPSA) is 41.6 Å². The van der Waals surface area contributed by atoms with Crippen molar-refractivity contribution >= 4 is 29.1 Å². The summed E-state index contributed by atoms with van der Waals surface area (Å²) in [4.78, 5) is 14.7. The van der Waals surface area contributed by atoms with E-state index in [1.165, 1.54) is 5.56 Å². The van der Waals surface area contributed by atoms with Crippen molar-refractivity contribution in [2.75, 3.05) is 6.54 Å². The SMILES string of the molecule is O=C(Cc1ccc(Cl)c(Cl)c1)N1CC[C@H]2O[C@@H]1CC[C@H]2NCc1ccccc1. The van der Waals surface area contributed by atoms with E-state index < -0.39 is 0 Å². The summed E-state index contributed by atoms with van der Waals surface area (Å²) in [6, 6.07) is 16.1. The highest BCUT2D eigenvalue weighted by atomic mass is 35.5. The van der Waals surface area contributed by atoms with Gasteiger partial charge in [-0.2, -0.15) is 0 Å². The predicted octanol–water partition coefficient (Wildman–Crippen LogP) is 4.43. The lowest BCUT2D eigenvalue weighted by molar-refractivity contribution is -0.187. The highest BCUT2D eigenvalue weighted by Crippen LogP contribution is 2.30. The Hall–Kier alpha value is -1.59. The highest BCUT2D eigenvalue weighted by molar-refractivity contribution is 6.42. The Labute approximate surface area is 175 Å². The molecular formula is C22H24Cl2N2O2. The average molecular weight is 419 g/mol. The second-order valence-corrected chi connectivity index (χ2v) is 8.29. The number of rotatable bonds is 5. The molecule has 0 aromatic heterocycles. The summed E-state index contributed by atoms with van der Waals surface area (Å²) in [6.45, 7) is 1.58. The van der Waals surface area contributed by atoms with Crippen LogP contribution in [0.15, 0.2) is 48.5 Å². The zero-order valence-electron chi connectivity index (χ0n) is 15.6. The van der Waals surface area contributed by atoms with Crippen molar-refractivity contribution < 1.29 is 9.53 Å². The van der Waals surface area contributed by atoms with Crippen LogP contribution in [-0.2, 0) is 22.5 Å². The van der Waals surface area contributed by atoms with Gasteiger partial charge in [0.05, 0.1) is 22.6 Å². The fraction of sp³-hybridized carbons (Fsp3) is 0.409. The van der Waals surface area contributed by atoms with Crippen LogP contribution in [0.5, 0.6) is 0 Å². The number of nitrogens with zero attached hydrogens (tertiary/aromatic N) is 1. The lowest BCUT2D eigenvalue weighted by Crippen LogP contribution is -2.58. The molecule has 0 aliphatic carbocycles. The van der Waals surface area contributed by atoms with Crippen molar-refractivity contribution in [2.24, 2.45) is 0 Å². The molecule has 0 spiro atoms. The lowest BCUT2D eigenvalue weighted by atomic mass is 9.94. The summed E-state index contributed by atoms with van der Waals surface area (Å²) in [6.07, 6.45) is 3.09. The van der Waals surface area contributed by atoms with Crippen molar-refractivity contribution in [1.29, 1.82) is 0 Å². The highest BCUT2D eigenvalue weighted by Gasteiger charge is 2.39. The molecule has 2 aromatic rings. The second-order valence-electron chi connectivity index (χ2n) is 7.48. The van der Waals surface area contributed by atoms with Gasteiger partial charge < -0.3 is 15.0 Å². The van der Waals surface area contributed by atoms with Crippen LogP contribution in [0.25, 0.3) is 0 Å². The van der Waals surface area contributed by atoms with E-state index in [2.05, 4.69) is 29.6 Å². The molecule has 0 saturated carbocycles. The van der Waals surface area contributed by atoms with E-state index >= 15 is 0 Å². The number of hydrogen-bond donors (Lipinski definition) is 1. The van der Waals surface area contributed by atoms with E-state index in [4.69, 9.17) is 27.9 Å². The number of nitrogens with one attached hydrogen (secondary N) is 1. The van der Waals surface area contributed by atoms with Crippen LogP contribution < -0.4 is 5.32 Å². The molecule has 4 rings (SSSR count). The summed E-state index contributed by atoms with van der Waals surface area (Å²) < 4.78 is 6.23. The summed E-state index contributed by atoms with van der Waals surface area (Å²) in [5, 5.41) is 4.61. The van der Waals surface area contributed by atoms with Crippen molar-refractivity contribution in [1.82, 2.24) is 10.2 Å². The molecule has 1 N–H and O–H groups in total. The number of ether oxygens (including phenoxy) is 1. The summed E-state index contributed by atoms with van der Waals surface area (Å²) in [5.74, 6) is 0.0810. The molecule has 1 amide bonds. The predicted molar refractivity (Wildman–Crippen MR) is 111 cm³/mol. The molecule has 2 bridgehead atoms. The van der Waals surface area contributed by atoms with Gasteiger partial charge in [-0.05, 0) is 42.5 Å². The van der Waals surface area contributed by atoms with Crippen LogP contribution in [0.2, 0.25) is 10.0 Å². The minimum absolute atomic E-state index is 0.0810. The van der Waals surface area contributed by atoms with Gasteiger partial charge in [0.2, 0.25) is 5.91 Å². The maximum absolute atomic E-state index is 12.8. The third-order valence-corrected chi connectivity index (χ3v) is 6.32. The first-order valence-corrected chi connectivity index (χ1v) is 10.5. The molecule has 28 heavy (non-hydrogen) atoms. The Balaban J connectivity index is 1.32. The third-order valence-electron chi connectivity index (χ3n) is 5.58. The van der Waals surface area contributed by atoms with Crippen molar-refractivity contribution in [3.63, 3.8) is 0 Å². The number of carbonyl (C=O) groups excluding carboxylic acids is 1. The Morgan fingerprint density at radius 1 is 1.04 bits per heavy atom. The van der Waals surface area contributed by atoms with Crippen molar-refractivity contribution in [2.45, 2.75) is 50.6 Å². The number of benzene rings is 2. The Morgan fingerprint density at radius 3 is 2.64 bits per heavy atom. The molecule has 2 aliphatic heterocycles. The monoisotopic (exact) mass is 418 g/mol. The Morgan fingerprint density at radius 2 is 1.86 bits per heavy atom. The third kappa shape index (κ3) is 4.52. The number of amides is 1. The summed E-state index contributed by atoms with van der Waals surface area (Å²) in [5.41, 5.74) is 2.15. The summed E-state index contributed by atoms with van der Waals surface area (Å²) >= 11 is 12.0. The molecular weight excluding hydrogens is 395 g/mol. The largest absolute Gasteiger partial charge is 0.353 e. The number of halogens is 2. The second kappa shape index (κ2) is 8.83. The first kappa shape index (κ1) is 19.7. The van der Waals surface area contributed by atoms with E-state index in [0.717, 1.165) is 37.9 Å². The van der Waals surface area contributed by atoms with E-state index in [1.54, 1.807) is 12.1 Å². The molecule has 2 fully saturated rings. The zero-order valence-corrected chi connectivity index (χ0v) is 17.1. The van der Waals surface area contributed by atoms with E-state index in [1.807, 2.05) is 17.0 Å². The van der Waals surface area contributed by atoms with Gasteiger partial charge in [-0.15, -0.1) is 0 Å². The number of hydrogen-bond acceptors (Lipinski definition) is 3. The first-order valence-electron chi connectivity index (χ1n) is 9.76.